The van der Waals surface area contributed by atoms with Gasteiger partial charge < -0.3 is 10.8 Å². The zero-order valence-corrected chi connectivity index (χ0v) is 5.87. The first-order valence-electron chi connectivity index (χ1n) is 2.96. The van der Waals surface area contributed by atoms with Crippen molar-refractivity contribution in [1.29, 1.82) is 0 Å². The van der Waals surface area contributed by atoms with E-state index in [2.05, 4.69) is 4.84 Å². The predicted octanol–water partition coefficient (Wildman–Crippen LogP) is -1.75. The van der Waals surface area contributed by atoms with Crippen LogP contribution in [0.4, 0.5) is 0 Å². The van der Waals surface area contributed by atoms with Crippen molar-refractivity contribution in [3.05, 3.63) is 0 Å². The van der Waals surface area contributed by atoms with E-state index in [-0.39, 0.29) is 12.8 Å². The SMILES string of the molecule is NC(=O)CCC(=O)NOCO. The molecule has 0 spiro atoms. The van der Waals surface area contributed by atoms with Gasteiger partial charge in [-0.15, -0.1) is 0 Å². The molecule has 0 fully saturated rings. The Labute approximate surface area is 63.3 Å². The topological polar surface area (TPSA) is 102 Å². The summed E-state index contributed by atoms with van der Waals surface area (Å²) in [6.45, 7) is -0.595. The average molecular weight is 162 g/mol. The van der Waals surface area contributed by atoms with E-state index >= 15 is 0 Å². The smallest absolute Gasteiger partial charge is 0.244 e. The molecule has 11 heavy (non-hydrogen) atoms. The van der Waals surface area contributed by atoms with Crippen LogP contribution in [0.2, 0.25) is 0 Å². The number of nitrogens with two attached hydrogens (primary N) is 1. The minimum atomic E-state index is -0.595. The van der Waals surface area contributed by atoms with Gasteiger partial charge in [0.1, 0.15) is 0 Å². The quantitative estimate of drug-likeness (QED) is 0.329. The third-order valence-corrected chi connectivity index (χ3v) is 0.849. The summed E-state index contributed by atoms with van der Waals surface area (Å²) in [4.78, 5) is 24.8. The van der Waals surface area contributed by atoms with Gasteiger partial charge in [-0.3, -0.25) is 9.59 Å². The van der Waals surface area contributed by atoms with E-state index in [1.165, 1.54) is 0 Å². The number of nitrogens with one attached hydrogen (secondary N) is 1. The zero-order valence-electron chi connectivity index (χ0n) is 5.87. The van der Waals surface area contributed by atoms with Gasteiger partial charge in [0.2, 0.25) is 11.8 Å². The number of aliphatic hydroxyl groups is 1. The lowest BCUT2D eigenvalue weighted by molar-refractivity contribution is -0.142. The third-order valence-electron chi connectivity index (χ3n) is 0.849. The van der Waals surface area contributed by atoms with Crippen molar-refractivity contribution in [2.24, 2.45) is 5.73 Å². The number of hydroxylamine groups is 1. The van der Waals surface area contributed by atoms with E-state index in [9.17, 15) is 9.59 Å². The van der Waals surface area contributed by atoms with Crippen LogP contribution in [0.1, 0.15) is 12.8 Å². The molecule has 0 bridgehead atoms. The van der Waals surface area contributed by atoms with E-state index in [0.717, 1.165) is 0 Å². The molecule has 0 aliphatic rings. The van der Waals surface area contributed by atoms with Gasteiger partial charge in [-0.2, -0.15) is 0 Å². The van der Waals surface area contributed by atoms with Crippen molar-refractivity contribution in [2.45, 2.75) is 12.8 Å². The normalized spacial score (nSPS) is 9.18. The molecule has 0 rings (SSSR count). The van der Waals surface area contributed by atoms with E-state index in [4.69, 9.17) is 10.8 Å². The molecule has 0 heterocycles. The highest BCUT2D eigenvalue weighted by Gasteiger charge is 2.02. The molecule has 0 unspecified atom stereocenters. The number of primary amides is 1. The fourth-order valence-electron chi connectivity index (χ4n) is 0.401. The first-order valence-corrected chi connectivity index (χ1v) is 2.96. The summed E-state index contributed by atoms with van der Waals surface area (Å²) in [6.07, 6.45) is -0.0596. The fourth-order valence-corrected chi connectivity index (χ4v) is 0.401. The van der Waals surface area contributed by atoms with E-state index in [0.29, 0.717) is 0 Å². The lowest BCUT2D eigenvalue weighted by atomic mass is 10.3. The summed E-state index contributed by atoms with van der Waals surface area (Å²) < 4.78 is 0. The van der Waals surface area contributed by atoms with Gasteiger partial charge in [-0.1, -0.05) is 0 Å². The second-order valence-corrected chi connectivity index (χ2v) is 1.76. The van der Waals surface area contributed by atoms with Crippen molar-refractivity contribution >= 4 is 11.8 Å². The fraction of sp³-hybridized carbons (Fsp3) is 0.600. The van der Waals surface area contributed by atoms with Crippen LogP contribution in [0.15, 0.2) is 0 Å². The molecule has 0 radical (unpaired) electrons. The van der Waals surface area contributed by atoms with Crippen molar-refractivity contribution in [3.8, 4) is 0 Å². The van der Waals surface area contributed by atoms with Crippen molar-refractivity contribution in [2.75, 3.05) is 6.79 Å². The van der Waals surface area contributed by atoms with Crippen LogP contribution >= 0.6 is 0 Å². The van der Waals surface area contributed by atoms with Gasteiger partial charge in [-0.05, 0) is 0 Å². The largest absolute Gasteiger partial charge is 0.370 e. The lowest BCUT2D eigenvalue weighted by Crippen LogP contribution is -2.25. The summed E-state index contributed by atoms with van der Waals surface area (Å²) in [5.41, 5.74) is 6.65. The van der Waals surface area contributed by atoms with Crippen molar-refractivity contribution < 1.29 is 19.5 Å². The van der Waals surface area contributed by atoms with Crippen LogP contribution in [0.5, 0.6) is 0 Å². The van der Waals surface area contributed by atoms with Crippen LogP contribution in [0.3, 0.4) is 0 Å². The lowest BCUT2D eigenvalue weighted by Gasteiger charge is -2.00. The van der Waals surface area contributed by atoms with Gasteiger partial charge in [0, 0.05) is 12.8 Å². The molecule has 6 heteroatoms. The third kappa shape index (κ3) is 6.75. The second kappa shape index (κ2) is 5.63. The molecular formula is C5H10N2O4. The Kier molecular flexibility index (Phi) is 5.05. The molecule has 0 aromatic heterocycles. The Bertz CT molecular complexity index is 147. The van der Waals surface area contributed by atoms with Gasteiger partial charge in [-0.25, -0.2) is 10.3 Å². The highest BCUT2D eigenvalue weighted by Crippen LogP contribution is 1.86. The molecule has 2 amide bonds. The summed E-state index contributed by atoms with van der Waals surface area (Å²) in [5.74, 6) is -1.04. The van der Waals surface area contributed by atoms with Gasteiger partial charge in [0.15, 0.2) is 6.79 Å². The van der Waals surface area contributed by atoms with Gasteiger partial charge in [0.05, 0.1) is 0 Å². The predicted molar refractivity (Wildman–Crippen MR) is 34.7 cm³/mol. The number of rotatable bonds is 5. The van der Waals surface area contributed by atoms with Crippen LogP contribution in [-0.2, 0) is 14.4 Å². The Morgan fingerprint density at radius 3 is 2.55 bits per heavy atom. The maximum Gasteiger partial charge on any atom is 0.244 e. The molecule has 0 aliphatic carbocycles. The number of amides is 2. The van der Waals surface area contributed by atoms with E-state index in [1.54, 1.807) is 0 Å². The number of hydrogen-bond donors (Lipinski definition) is 3. The molecule has 4 N–H and O–H groups in total. The summed E-state index contributed by atoms with van der Waals surface area (Å²) >= 11 is 0. The summed E-state index contributed by atoms with van der Waals surface area (Å²) in [6, 6.07) is 0. The molecule has 0 aliphatic heterocycles. The van der Waals surface area contributed by atoms with Crippen LogP contribution in [0.25, 0.3) is 0 Å². The molecule has 0 aromatic carbocycles. The van der Waals surface area contributed by atoms with Crippen molar-refractivity contribution in [3.63, 3.8) is 0 Å². The molecule has 6 nitrogen and oxygen atoms in total. The highest BCUT2D eigenvalue weighted by atomic mass is 16.7. The molecule has 0 saturated carbocycles. The first-order chi connectivity index (χ1) is 5.16. The minimum Gasteiger partial charge on any atom is -0.370 e. The number of carbonyl (C=O) groups is 2. The Hall–Kier alpha value is -1.14. The van der Waals surface area contributed by atoms with Crippen molar-refractivity contribution in [1.82, 2.24) is 5.48 Å². The molecule has 0 aromatic rings. The molecule has 0 atom stereocenters. The van der Waals surface area contributed by atoms with Gasteiger partial charge in [0.25, 0.3) is 0 Å². The summed E-state index contributed by atoms with van der Waals surface area (Å²) in [7, 11) is 0. The first kappa shape index (κ1) is 9.86. The standard InChI is InChI=1S/C5H10N2O4/c6-4(9)1-2-5(10)7-11-3-8/h8H,1-3H2,(H2,6,9)(H,7,10). The Balaban J connectivity index is 3.30. The maximum atomic E-state index is 10.6. The monoisotopic (exact) mass is 162 g/mol. The molecule has 0 saturated heterocycles. The Morgan fingerprint density at radius 1 is 1.45 bits per heavy atom. The van der Waals surface area contributed by atoms with Crippen LogP contribution < -0.4 is 11.2 Å². The molecule has 64 valence electrons. The van der Waals surface area contributed by atoms with E-state index < -0.39 is 18.6 Å². The van der Waals surface area contributed by atoms with Crippen LogP contribution in [-0.4, -0.2) is 23.7 Å². The minimum absolute atomic E-state index is 0.0272. The zero-order chi connectivity index (χ0) is 8.69. The second-order valence-electron chi connectivity index (χ2n) is 1.76. The highest BCUT2D eigenvalue weighted by molar-refractivity contribution is 5.82. The number of aliphatic hydroxyl groups excluding tert-OH is 1. The Morgan fingerprint density at radius 2 is 2.09 bits per heavy atom. The number of carbonyl (C=O) groups excluding carboxylic acids is 2. The molecular weight excluding hydrogens is 152 g/mol. The van der Waals surface area contributed by atoms with Crippen LogP contribution in [0, 0.1) is 0 Å². The van der Waals surface area contributed by atoms with Gasteiger partial charge >= 0.3 is 0 Å². The number of hydrogen-bond acceptors (Lipinski definition) is 4. The average Bonchev–Trinajstić information content (AvgIpc) is 1.97. The maximum absolute atomic E-state index is 10.6. The van der Waals surface area contributed by atoms with E-state index in [1.807, 2.05) is 5.48 Å². The summed E-state index contributed by atoms with van der Waals surface area (Å²) in [5, 5.41) is 8.06.